The van der Waals surface area contributed by atoms with Gasteiger partial charge in [-0.2, -0.15) is 0 Å². The molecule has 0 spiro atoms. The highest BCUT2D eigenvalue weighted by Crippen LogP contribution is 2.21. The predicted octanol–water partition coefficient (Wildman–Crippen LogP) is 1.89. The Morgan fingerprint density at radius 2 is 2.12 bits per heavy atom. The summed E-state index contributed by atoms with van der Waals surface area (Å²) in [4.78, 5) is 12.5. The number of aliphatic hydroxyl groups excluding tert-OH is 1. The van der Waals surface area contributed by atoms with Gasteiger partial charge in [0.05, 0.1) is 6.61 Å². The van der Waals surface area contributed by atoms with E-state index in [2.05, 4.69) is 37.4 Å². The van der Waals surface area contributed by atoms with Crippen LogP contribution < -0.4 is 5.32 Å². The van der Waals surface area contributed by atoms with Gasteiger partial charge >= 0.3 is 0 Å². The molecule has 0 heterocycles. The van der Waals surface area contributed by atoms with E-state index in [0.717, 1.165) is 5.75 Å². The molecular weight excluding hydrogens is 234 g/mol. The van der Waals surface area contributed by atoms with Crippen LogP contribution in [0.4, 0.5) is 0 Å². The monoisotopic (exact) mass is 253 g/mol. The van der Waals surface area contributed by atoms with E-state index < -0.39 is 0 Å². The number of amides is 1. The van der Waals surface area contributed by atoms with Crippen LogP contribution in [-0.2, 0) is 4.79 Å². The molecule has 1 aromatic rings. The van der Waals surface area contributed by atoms with Gasteiger partial charge in [-0.25, -0.2) is 0 Å². The first-order valence-corrected chi connectivity index (χ1v) is 6.69. The number of carbonyl (C=O) groups is 1. The standard InChI is InChI=1S/C13H19NO2S/c1-10-3-4-12(9-11(10)2)17-8-5-13(16)14-6-7-15/h3-4,9,15H,5-8H2,1-2H3,(H,14,16). The van der Waals surface area contributed by atoms with Crippen LogP contribution in [0.1, 0.15) is 17.5 Å². The molecule has 0 atom stereocenters. The zero-order chi connectivity index (χ0) is 12.7. The number of hydrogen-bond donors (Lipinski definition) is 2. The largest absolute Gasteiger partial charge is 0.395 e. The van der Waals surface area contributed by atoms with E-state index in [-0.39, 0.29) is 12.5 Å². The first kappa shape index (κ1) is 14.1. The maximum Gasteiger partial charge on any atom is 0.220 e. The van der Waals surface area contributed by atoms with Crippen molar-refractivity contribution in [1.82, 2.24) is 5.32 Å². The lowest BCUT2D eigenvalue weighted by molar-refractivity contribution is -0.120. The number of hydrogen-bond acceptors (Lipinski definition) is 3. The summed E-state index contributed by atoms with van der Waals surface area (Å²) >= 11 is 1.68. The molecule has 94 valence electrons. The van der Waals surface area contributed by atoms with E-state index in [0.29, 0.717) is 13.0 Å². The summed E-state index contributed by atoms with van der Waals surface area (Å²) < 4.78 is 0. The maximum absolute atomic E-state index is 11.3. The second-order valence-electron chi connectivity index (χ2n) is 3.92. The zero-order valence-corrected chi connectivity index (χ0v) is 11.1. The number of rotatable bonds is 6. The Bertz CT molecular complexity index is 380. The fraction of sp³-hybridized carbons (Fsp3) is 0.462. The molecule has 0 unspecified atom stereocenters. The van der Waals surface area contributed by atoms with Crippen molar-refractivity contribution in [2.45, 2.75) is 25.2 Å². The van der Waals surface area contributed by atoms with Crippen molar-refractivity contribution in [3.8, 4) is 0 Å². The molecule has 0 saturated carbocycles. The van der Waals surface area contributed by atoms with Crippen molar-refractivity contribution in [1.29, 1.82) is 0 Å². The molecule has 0 saturated heterocycles. The average molecular weight is 253 g/mol. The van der Waals surface area contributed by atoms with E-state index >= 15 is 0 Å². The summed E-state index contributed by atoms with van der Waals surface area (Å²) in [6.07, 6.45) is 0.484. The fourth-order valence-electron chi connectivity index (χ4n) is 1.35. The molecule has 0 aliphatic heterocycles. The van der Waals surface area contributed by atoms with Gasteiger partial charge in [-0.3, -0.25) is 4.79 Å². The lowest BCUT2D eigenvalue weighted by atomic mass is 10.1. The van der Waals surface area contributed by atoms with Crippen LogP contribution in [0.15, 0.2) is 23.1 Å². The Hall–Kier alpha value is -1.00. The van der Waals surface area contributed by atoms with E-state index in [1.54, 1.807) is 11.8 Å². The SMILES string of the molecule is Cc1ccc(SCCC(=O)NCCO)cc1C. The predicted molar refractivity (Wildman–Crippen MR) is 71.4 cm³/mol. The molecule has 0 aromatic heterocycles. The summed E-state index contributed by atoms with van der Waals surface area (Å²) in [5.74, 6) is 0.759. The summed E-state index contributed by atoms with van der Waals surface area (Å²) in [5.41, 5.74) is 2.56. The first-order chi connectivity index (χ1) is 8.13. The van der Waals surface area contributed by atoms with Gasteiger partial charge in [-0.1, -0.05) is 6.07 Å². The summed E-state index contributed by atoms with van der Waals surface area (Å²) in [7, 11) is 0. The Kier molecular flexibility index (Phi) is 6.08. The maximum atomic E-state index is 11.3. The number of aliphatic hydroxyl groups is 1. The minimum atomic E-state index is -0.00427. The Morgan fingerprint density at radius 1 is 1.35 bits per heavy atom. The Morgan fingerprint density at radius 3 is 2.76 bits per heavy atom. The number of aryl methyl sites for hydroxylation is 2. The van der Waals surface area contributed by atoms with Crippen molar-refractivity contribution < 1.29 is 9.90 Å². The molecule has 1 amide bonds. The topological polar surface area (TPSA) is 49.3 Å². The summed E-state index contributed by atoms with van der Waals surface area (Å²) in [6.45, 7) is 4.52. The third-order valence-electron chi connectivity index (χ3n) is 2.51. The van der Waals surface area contributed by atoms with Crippen molar-refractivity contribution in [3.05, 3.63) is 29.3 Å². The van der Waals surface area contributed by atoms with E-state index in [1.807, 2.05) is 0 Å². The normalized spacial score (nSPS) is 10.3. The quantitative estimate of drug-likeness (QED) is 0.761. The molecule has 0 radical (unpaired) electrons. The lowest BCUT2D eigenvalue weighted by Crippen LogP contribution is -2.26. The van der Waals surface area contributed by atoms with Crippen LogP contribution in [0, 0.1) is 13.8 Å². The van der Waals surface area contributed by atoms with Crippen molar-refractivity contribution in [2.75, 3.05) is 18.9 Å². The second kappa shape index (κ2) is 7.35. The van der Waals surface area contributed by atoms with Gasteiger partial charge in [-0.15, -0.1) is 11.8 Å². The highest BCUT2D eigenvalue weighted by molar-refractivity contribution is 7.99. The number of benzene rings is 1. The molecule has 2 N–H and O–H groups in total. The molecule has 0 aliphatic carbocycles. The van der Waals surface area contributed by atoms with Crippen molar-refractivity contribution >= 4 is 17.7 Å². The highest BCUT2D eigenvalue weighted by Gasteiger charge is 2.02. The molecule has 3 nitrogen and oxygen atoms in total. The third-order valence-corrected chi connectivity index (χ3v) is 3.51. The van der Waals surface area contributed by atoms with Gasteiger partial charge in [0.25, 0.3) is 0 Å². The molecule has 1 rings (SSSR count). The summed E-state index contributed by atoms with van der Waals surface area (Å²) in [5, 5.41) is 11.2. The molecule has 1 aromatic carbocycles. The van der Waals surface area contributed by atoms with Crippen molar-refractivity contribution in [2.24, 2.45) is 0 Å². The minimum absolute atomic E-state index is 0.00393. The van der Waals surface area contributed by atoms with Gasteiger partial charge in [0.15, 0.2) is 0 Å². The van der Waals surface area contributed by atoms with E-state index in [9.17, 15) is 4.79 Å². The number of thioether (sulfide) groups is 1. The average Bonchev–Trinajstić information content (AvgIpc) is 2.31. The van der Waals surface area contributed by atoms with Gasteiger partial charge in [0, 0.05) is 23.6 Å². The Balaban J connectivity index is 2.30. The highest BCUT2D eigenvalue weighted by atomic mass is 32.2. The van der Waals surface area contributed by atoms with Crippen LogP contribution in [-0.4, -0.2) is 29.9 Å². The minimum Gasteiger partial charge on any atom is -0.395 e. The Labute approximate surface area is 107 Å². The van der Waals surface area contributed by atoms with Gasteiger partial charge in [0.1, 0.15) is 0 Å². The van der Waals surface area contributed by atoms with Crippen LogP contribution >= 0.6 is 11.8 Å². The zero-order valence-electron chi connectivity index (χ0n) is 10.3. The lowest BCUT2D eigenvalue weighted by Gasteiger charge is -2.05. The molecule has 0 aliphatic rings. The molecule has 0 bridgehead atoms. The molecule has 0 fully saturated rings. The third kappa shape index (κ3) is 5.24. The number of carbonyl (C=O) groups excluding carboxylic acids is 1. The number of nitrogens with one attached hydrogen (secondary N) is 1. The van der Waals surface area contributed by atoms with Crippen LogP contribution in [0.3, 0.4) is 0 Å². The van der Waals surface area contributed by atoms with E-state index in [4.69, 9.17) is 5.11 Å². The first-order valence-electron chi connectivity index (χ1n) is 5.71. The fourth-order valence-corrected chi connectivity index (χ4v) is 2.30. The molecular formula is C13H19NO2S. The summed E-state index contributed by atoms with van der Waals surface area (Å²) in [6, 6.07) is 6.33. The van der Waals surface area contributed by atoms with Crippen molar-refractivity contribution in [3.63, 3.8) is 0 Å². The molecule has 17 heavy (non-hydrogen) atoms. The second-order valence-corrected chi connectivity index (χ2v) is 5.09. The van der Waals surface area contributed by atoms with Crippen LogP contribution in [0.25, 0.3) is 0 Å². The van der Waals surface area contributed by atoms with E-state index in [1.165, 1.54) is 16.0 Å². The van der Waals surface area contributed by atoms with Gasteiger partial charge in [-0.05, 0) is 37.1 Å². The van der Waals surface area contributed by atoms with Crippen LogP contribution in [0.2, 0.25) is 0 Å². The van der Waals surface area contributed by atoms with Gasteiger partial charge in [0.2, 0.25) is 5.91 Å². The molecule has 4 heteroatoms. The van der Waals surface area contributed by atoms with Gasteiger partial charge < -0.3 is 10.4 Å². The smallest absolute Gasteiger partial charge is 0.220 e. The van der Waals surface area contributed by atoms with Crippen LogP contribution in [0.5, 0.6) is 0 Å².